The number of nitrogens with one attached hydrogen (secondary N) is 1. The molecule has 0 bridgehead atoms. The molecule has 2 N–H and O–H groups in total. The van der Waals surface area contributed by atoms with Crippen molar-refractivity contribution in [1.29, 1.82) is 0 Å². The van der Waals surface area contributed by atoms with Crippen LogP contribution >= 0.6 is 0 Å². The van der Waals surface area contributed by atoms with Gasteiger partial charge >= 0.3 is 5.97 Å². The first-order valence-corrected chi connectivity index (χ1v) is 5.65. The SMILES string of the molecule is Cn1cnc2c(NCC(C)(C)C(=O)O)nccc21. The van der Waals surface area contributed by atoms with Crippen molar-refractivity contribution in [2.45, 2.75) is 13.8 Å². The molecular formula is C12H16N4O2. The molecule has 0 saturated heterocycles. The highest BCUT2D eigenvalue weighted by atomic mass is 16.4. The first-order valence-electron chi connectivity index (χ1n) is 5.65. The third-order valence-corrected chi connectivity index (χ3v) is 2.92. The maximum atomic E-state index is 11.0. The minimum atomic E-state index is -0.849. The lowest BCUT2D eigenvalue weighted by molar-refractivity contribution is -0.146. The van der Waals surface area contributed by atoms with Gasteiger partial charge in [0, 0.05) is 19.8 Å². The fraction of sp³-hybridized carbons (Fsp3) is 0.417. The molecule has 0 fully saturated rings. The van der Waals surface area contributed by atoms with E-state index in [4.69, 9.17) is 5.11 Å². The van der Waals surface area contributed by atoms with Crippen LogP contribution in [0.25, 0.3) is 11.0 Å². The van der Waals surface area contributed by atoms with Gasteiger partial charge in [0.25, 0.3) is 0 Å². The van der Waals surface area contributed by atoms with Gasteiger partial charge in [-0.15, -0.1) is 0 Å². The quantitative estimate of drug-likeness (QED) is 0.856. The average molecular weight is 248 g/mol. The lowest BCUT2D eigenvalue weighted by Gasteiger charge is -2.19. The Morgan fingerprint density at radius 2 is 2.22 bits per heavy atom. The molecule has 2 heterocycles. The zero-order valence-electron chi connectivity index (χ0n) is 10.6. The largest absolute Gasteiger partial charge is 0.481 e. The van der Waals surface area contributed by atoms with Gasteiger partial charge < -0.3 is 15.0 Å². The van der Waals surface area contributed by atoms with E-state index in [0.29, 0.717) is 12.4 Å². The van der Waals surface area contributed by atoms with Crippen LogP contribution in [0.15, 0.2) is 18.6 Å². The van der Waals surface area contributed by atoms with Gasteiger partial charge in [0.15, 0.2) is 5.82 Å². The monoisotopic (exact) mass is 248 g/mol. The molecule has 2 aromatic heterocycles. The van der Waals surface area contributed by atoms with E-state index in [1.807, 2.05) is 17.7 Å². The summed E-state index contributed by atoms with van der Waals surface area (Å²) in [5.41, 5.74) is 0.861. The van der Waals surface area contributed by atoms with E-state index >= 15 is 0 Å². The van der Waals surface area contributed by atoms with E-state index < -0.39 is 11.4 Å². The fourth-order valence-electron chi connectivity index (χ4n) is 1.57. The molecule has 2 aromatic rings. The molecule has 0 aliphatic rings. The number of rotatable bonds is 4. The molecule has 0 aromatic carbocycles. The smallest absolute Gasteiger partial charge is 0.310 e. The Kier molecular flexibility index (Phi) is 2.94. The van der Waals surface area contributed by atoms with Crippen LogP contribution in [0.4, 0.5) is 5.82 Å². The second kappa shape index (κ2) is 4.29. The van der Waals surface area contributed by atoms with Crippen LogP contribution in [-0.2, 0) is 11.8 Å². The van der Waals surface area contributed by atoms with Gasteiger partial charge in [-0.25, -0.2) is 9.97 Å². The van der Waals surface area contributed by atoms with Crippen molar-refractivity contribution in [3.05, 3.63) is 18.6 Å². The number of aliphatic carboxylic acids is 1. The number of carboxylic acid groups (broad SMARTS) is 1. The molecule has 96 valence electrons. The standard InChI is InChI=1S/C12H16N4O2/c1-12(2,11(17)18)6-14-10-9-8(4-5-13-10)16(3)7-15-9/h4-5,7H,6H2,1-3H3,(H,13,14)(H,17,18). The summed E-state index contributed by atoms with van der Waals surface area (Å²) in [7, 11) is 1.90. The third-order valence-electron chi connectivity index (χ3n) is 2.92. The predicted octanol–water partition coefficient (Wildman–Crippen LogP) is 1.49. The van der Waals surface area contributed by atoms with E-state index in [2.05, 4.69) is 15.3 Å². The van der Waals surface area contributed by atoms with Crippen molar-refractivity contribution < 1.29 is 9.90 Å². The molecule has 0 unspecified atom stereocenters. The number of carboxylic acids is 1. The molecule has 6 nitrogen and oxygen atoms in total. The molecule has 0 aliphatic carbocycles. The van der Waals surface area contributed by atoms with Gasteiger partial charge in [0.2, 0.25) is 0 Å². The maximum Gasteiger partial charge on any atom is 0.310 e. The van der Waals surface area contributed by atoms with Crippen molar-refractivity contribution in [1.82, 2.24) is 14.5 Å². The molecule has 6 heteroatoms. The number of pyridine rings is 1. The van der Waals surface area contributed by atoms with Crippen molar-refractivity contribution in [2.24, 2.45) is 12.5 Å². The summed E-state index contributed by atoms with van der Waals surface area (Å²) in [6, 6.07) is 1.87. The molecule has 0 radical (unpaired) electrons. The number of anilines is 1. The minimum Gasteiger partial charge on any atom is -0.481 e. The summed E-state index contributed by atoms with van der Waals surface area (Å²) < 4.78 is 1.89. The Morgan fingerprint density at radius 1 is 1.50 bits per heavy atom. The average Bonchev–Trinajstić information content (AvgIpc) is 2.69. The Hall–Kier alpha value is -2.11. The molecule has 0 spiro atoms. The number of nitrogens with zero attached hydrogens (tertiary/aromatic N) is 3. The number of imidazole rings is 1. The predicted molar refractivity (Wildman–Crippen MR) is 68.4 cm³/mol. The summed E-state index contributed by atoms with van der Waals surface area (Å²) in [6.45, 7) is 3.63. The Labute approximate surface area is 105 Å². The van der Waals surface area contributed by atoms with Crippen LogP contribution in [0.5, 0.6) is 0 Å². The normalized spacial score (nSPS) is 11.7. The zero-order valence-corrected chi connectivity index (χ0v) is 10.6. The number of fused-ring (bicyclic) bond motifs is 1. The first kappa shape index (κ1) is 12.3. The Morgan fingerprint density at radius 3 is 2.89 bits per heavy atom. The molecule has 0 amide bonds. The number of hydrogen-bond acceptors (Lipinski definition) is 4. The van der Waals surface area contributed by atoms with Gasteiger partial charge in [0.05, 0.1) is 17.3 Å². The molecular weight excluding hydrogens is 232 g/mol. The summed E-state index contributed by atoms with van der Waals surface area (Å²) in [6.07, 6.45) is 3.39. The van der Waals surface area contributed by atoms with Crippen molar-refractivity contribution >= 4 is 22.8 Å². The number of carbonyl (C=O) groups is 1. The van der Waals surface area contributed by atoms with Crippen LogP contribution in [0, 0.1) is 5.41 Å². The fourth-order valence-corrected chi connectivity index (χ4v) is 1.57. The minimum absolute atomic E-state index is 0.297. The maximum absolute atomic E-state index is 11.0. The van der Waals surface area contributed by atoms with Crippen LogP contribution in [0.1, 0.15) is 13.8 Å². The van der Waals surface area contributed by atoms with Crippen LogP contribution < -0.4 is 5.32 Å². The summed E-state index contributed by atoms with van der Waals surface area (Å²) in [4.78, 5) is 19.5. The van der Waals surface area contributed by atoms with Crippen molar-refractivity contribution in [3.8, 4) is 0 Å². The lowest BCUT2D eigenvalue weighted by atomic mass is 9.94. The summed E-state index contributed by atoms with van der Waals surface area (Å²) in [5.74, 6) is -0.231. The van der Waals surface area contributed by atoms with E-state index in [0.717, 1.165) is 11.0 Å². The topological polar surface area (TPSA) is 80.0 Å². The molecule has 2 rings (SSSR count). The lowest BCUT2D eigenvalue weighted by Crippen LogP contribution is -2.32. The first-order chi connectivity index (χ1) is 8.42. The highest BCUT2D eigenvalue weighted by Crippen LogP contribution is 2.21. The molecule has 0 aliphatic heterocycles. The van der Waals surface area contributed by atoms with Crippen LogP contribution in [-0.4, -0.2) is 32.2 Å². The van der Waals surface area contributed by atoms with Crippen LogP contribution in [0.2, 0.25) is 0 Å². The van der Waals surface area contributed by atoms with Gasteiger partial charge in [-0.05, 0) is 19.9 Å². The second-order valence-electron chi connectivity index (χ2n) is 4.93. The second-order valence-corrected chi connectivity index (χ2v) is 4.93. The number of aryl methyl sites for hydroxylation is 1. The molecule has 18 heavy (non-hydrogen) atoms. The van der Waals surface area contributed by atoms with Gasteiger partial charge in [0.1, 0.15) is 5.52 Å². The van der Waals surface area contributed by atoms with Crippen molar-refractivity contribution in [3.63, 3.8) is 0 Å². The number of aromatic nitrogens is 3. The number of hydrogen-bond donors (Lipinski definition) is 2. The third kappa shape index (κ3) is 2.13. The highest BCUT2D eigenvalue weighted by molar-refractivity contribution is 5.86. The van der Waals surface area contributed by atoms with Gasteiger partial charge in [-0.1, -0.05) is 0 Å². The zero-order chi connectivity index (χ0) is 13.3. The van der Waals surface area contributed by atoms with E-state index in [1.165, 1.54) is 0 Å². The molecule has 0 atom stereocenters. The molecule has 0 saturated carbocycles. The van der Waals surface area contributed by atoms with Crippen molar-refractivity contribution in [2.75, 3.05) is 11.9 Å². The van der Waals surface area contributed by atoms with E-state index in [-0.39, 0.29) is 0 Å². The summed E-state index contributed by atoms with van der Waals surface area (Å²) in [5, 5.41) is 12.1. The van der Waals surface area contributed by atoms with E-state index in [1.54, 1.807) is 26.4 Å². The Bertz CT molecular complexity index is 589. The van der Waals surface area contributed by atoms with E-state index in [9.17, 15) is 4.79 Å². The van der Waals surface area contributed by atoms with Crippen LogP contribution in [0.3, 0.4) is 0 Å². The van der Waals surface area contributed by atoms with Gasteiger partial charge in [-0.2, -0.15) is 0 Å². The van der Waals surface area contributed by atoms with Gasteiger partial charge in [-0.3, -0.25) is 4.79 Å². The highest BCUT2D eigenvalue weighted by Gasteiger charge is 2.27. The Balaban J connectivity index is 2.25. The summed E-state index contributed by atoms with van der Waals surface area (Å²) >= 11 is 0.